The van der Waals surface area contributed by atoms with E-state index in [0.717, 1.165) is 5.56 Å². The fourth-order valence-corrected chi connectivity index (χ4v) is 1.70. The Balaban J connectivity index is 1.90. The first-order valence-electron chi connectivity index (χ1n) is 5.32. The van der Waals surface area contributed by atoms with Crippen molar-refractivity contribution in [1.29, 1.82) is 0 Å². The van der Waals surface area contributed by atoms with Gasteiger partial charge in [-0.3, -0.25) is 19.7 Å². The second kappa shape index (κ2) is 4.78. The first-order valence-corrected chi connectivity index (χ1v) is 5.32. The Morgan fingerprint density at radius 3 is 2.59 bits per heavy atom. The third kappa shape index (κ3) is 2.90. The van der Waals surface area contributed by atoms with Gasteiger partial charge >= 0.3 is 0 Å². The number of rotatable bonds is 3. The lowest BCUT2D eigenvalue weighted by Crippen LogP contribution is -2.40. The molecule has 17 heavy (non-hydrogen) atoms. The van der Waals surface area contributed by atoms with Gasteiger partial charge in [0.2, 0.25) is 17.7 Å². The van der Waals surface area contributed by atoms with Gasteiger partial charge in [-0.1, -0.05) is 30.3 Å². The molecule has 88 valence electrons. The van der Waals surface area contributed by atoms with Crippen molar-refractivity contribution < 1.29 is 14.4 Å². The molecule has 0 unspecified atom stereocenters. The SMILES string of the molecule is O=C1C[C@H](NC(=O)Cc2ccccc2)C(=O)N1. The summed E-state index contributed by atoms with van der Waals surface area (Å²) in [6.45, 7) is 0. The molecule has 0 bridgehead atoms. The molecule has 2 N–H and O–H groups in total. The van der Waals surface area contributed by atoms with Crippen molar-refractivity contribution in [3.8, 4) is 0 Å². The summed E-state index contributed by atoms with van der Waals surface area (Å²) in [5.74, 6) is -1.04. The molecule has 1 aliphatic heterocycles. The largest absolute Gasteiger partial charge is 0.343 e. The Kier molecular flexibility index (Phi) is 3.18. The molecule has 0 aliphatic carbocycles. The Labute approximate surface area is 98.2 Å². The first kappa shape index (κ1) is 11.3. The Hall–Kier alpha value is -2.17. The van der Waals surface area contributed by atoms with Crippen LogP contribution in [0.5, 0.6) is 0 Å². The average Bonchev–Trinajstić information content (AvgIpc) is 2.58. The van der Waals surface area contributed by atoms with Gasteiger partial charge in [-0.25, -0.2) is 0 Å². The second-order valence-electron chi connectivity index (χ2n) is 3.90. The number of carbonyl (C=O) groups is 3. The van der Waals surface area contributed by atoms with E-state index < -0.39 is 11.9 Å². The topological polar surface area (TPSA) is 75.3 Å². The molecule has 1 aliphatic rings. The van der Waals surface area contributed by atoms with Crippen molar-refractivity contribution in [2.45, 2.75) is 18.9 Å². The summed E-state index contributed by atoms with van der Waals surface area (Å²) < 4.78 is 0. The van der Waals surface area contributed by atoms with Gasteiger partial charge in [0, 0.05) is 0 Å². The lowest BCUT2D eigenvalue weighted by Gasteiger charge is -2.08. The van der Waals surface area contributed by atoms with Gasteiger partial charge in [-0.05, 0) is 5.56 Å². The van der Waals surface area contributed by atoms with E-state index in [2.05, 4.69) is 10.6 Å². The van der Waals surface area contributed by atoms with Crippen LogP contribution in [-0.2, 0) is 20.8 Å². The van der Waals surface area contributed by atoms with Crippen LogP contribution in [0.3, 0.4) is 0 Å². The molecule has 5 nitrogen and oxygen atoms in total. The summed E-state index contributed by atoms with van der Waals surface area (Å²) in [4.78, 5) is 33.8. The smallest absolute Gasteiger partial charge is 0.249 e. The van der Waals surface area contributed by atoms with Crippen LogP contribution in [0.15, 0.2) is 30.3 Å². The van der Waals surface area contributed by atoms with Gasteiger partial charge in [0.05, 0.1) is 12.8 Å². The maximum atomic E-state index is 11.6. The van der Waals surface area contributed by atoms with E-state index in [-0.39, 0.29) is 24.7 Å². The summed E-state index contributed by atoms with van der Waals surface area (Å²) in [6, 6.07) is 8.49. The maximum absolute atomic E-state index is 11.6. The third-order valence-corrected chi connectivity index (χ3v) is 2.51. The fraction of sp³-hybridized carbons (Fsp3) is 0.250. The Morgan fingerprint density at radius 1 is 1.29 bits per heavy atom. The van der Waals surface area contributed by atoms with Crippen molar-refractivity contribution >= 4 is 17.7 Å². The molecule has 0 aromatic heterocycles. The number of amides is 3. The number of benzene rings is 1. The molecule has 1 saturated heterocycles. The lowest BCUT2D eigenvalue weighted by atomic mass is 10.1. The zero-order valence-electron chi connectivity index (χ0n) is 9.10. The summed E-state index contributed by atoms with van der Waals surface area (Å²) >= 11 is 0. The summed E-state index contributed by atoms with van der Waals surface area (Å²) in [5, 5.41) is 4.68. The van der Waals surface area contributed by atoms with Gasteiger partial charge in [0.15, 0.2) is 0 Å². The van der Waals surface area contributed by atoms with E-state index >= 15 is 0 Å². The van der Waals surface area contributed by atoms with E-state index in [1.807, 2.05) is 30.3 Å². The maximum Gasteiger partial charge on any atom is 0.249 e. The highest BCUT2D eigenvalue weighted by Gasteiger charge is 2.31. The zero-order valence-corrected chi connectivity index (χ0v) is 9.10. The molecular weight excluding hydrogens is 220 g/mol. The van der Waals surface area contributed by atoms with Gasteiger partial charge in [-0.2, -0.15) is 0 Å². The molecule has 3 amide bonds. The van der Waals surface area contributed by atoms with Gasteiger partial charge in [0.25, 0.3) is 0 Å². The number of carbonyl (C=O) groups excluding carboxylic acids is 3. The van der Waals surface area contributed by atoms with Crippen molar-refractivity contribution in [2.75, 3.05) is 0 Å². The fourth-order valence-electron chi connectivity index (χ4n) is 1.70. The van der Waals surface area contributed by atoms with Crippen molar-refractivity contribution in [3.63, 3.8) is 0 Å². The predicted octanol–water partition coefficient (Wildman–Crippen LogP) is -0.240. The number of imide groups is 1. The molecule has 1 aromatic carbocycles. The van der Waals surface area contributed by atoms with E-state index in [9.17, 15) is 14.4 Å². The Bertz CT molecular complexity index is 456. The molecular formula is C12H12N2O3. The second-order valence-corrected chi connectivity index (χ2v) is 3.90. The van der Waals surface area contributed by atoms with Gasteiger partial charge in [0.1, 0.15) is 6.04 Å². The van der Waals surface area contributed by atoms with Crippen molar-refractivity contribution in [1.82, 2.24) is 10.6 Å². The van der Waals surface area contributed by atoms with E-state index in [4.69, 9.17) is 0 Å². The lowest BCUT2D eigenvalue weighted by molar-refractivity contribution is -0.128. The molecule has 1 heterocycles. The molecule has 1 atom stereocenters. The highest BCUT2D eigenvalue weighted by molar-refractivity contribution is 6.06. The molecule has 1 aromatic rings. The highest BCUT2D eigenvalue weighted by Crippen LogP contribution is 2.03. The normalized spacial score (nSPS) is 18.9. The van der Waals surface area contributed by atoms with E-state index in [0.29, 0.717) is 0 Å². The van der Waals surface area contributed by atoms with Gasteiger partial charge < -0.3 is 5.32 Å². The molecule has 5 heteroatoms. The van der Waals surface area contributed by atoms with Gasteiger partial charge in [-0.15, -0.1) is 0 Å². The minimum absolute atomic E-state index is 0.0271. The monoisotopic (exact) mass is 232 g/mol. The number of hydrogen-bond donors (Lipinski definition) is 2. The Morgan fingerprint density at radius 2 is 2.00 bits per heavy atom. The number of nitrogens with one attached hydrogen (secondary N) is 2. The summed E-state index contributed by atoms with van der Waals surface area (Å²) in [5.41, 5.74) is 0.870. The zero-order chi connectivity index (χ0) is 12.3. The average molecular weight is 232 g/mol. The van der Waals surface area contributed by atoms with E-state index in [1.165, 1.54) is 0 Å². The minimum Gasteiger partial charge on any atom is -0.343 e. The third-order valence-electron chi connectivity index (χ3n) is 2.51. The van der Waals surface area contributed by atoms with Crippen LogP contribution in [0, 0.1) is 0 Å². The van der Waals surface area contributed by atoms with Crippen LogP contribution in [-0.4, -0.2) is 23.8 Å². The molecule has 0 saturated carbocycles. The van der Waals surface area contributed by atoms with Crippen LogP contribution in [0.25, 0.3) is 0 Å². The van der Waals surface area contributed by atoms with E-state index in [1.54, 1.807) is 0 Å². The van der Waals surface area contributed by atoms with Crippen LogP contribution in [0.4, 0.5) is 0 Å². The van der Waals surface area contributed by atoms with Crippen molar-refractivity contribution in [2.24, 2.45) is 0 Å². The quantitative estimate of drug-likeness (QED) is 0.706. The predicted molar refractivity (Wildman–Crippen MR) is 59.8 cm³/mol. The van der Waals surface area contributed by atoms with Crippen LogP contribution in [0.2, 0.25) is 0 Å². The summed E-state index contributed by atoms with van der Waals surface area (Å²) in [6.07, 6.45) is 0.234. The standard InChI is InChI=1S/C12H12N2O3/c15-10(6-8-4-2-1-3-5-8)13-9-7-11(16)14-12(9)17/h1-5,9H,6-7H2,(H,13,15)(H,14,16,17)/t9-/m0/s1. The molecule has 1 fully saturated rings. The van der Waals surface area contributed by atoms with Crippen LogP contribution in [0.1, 0.15) is 12.0 Å². The first-order chi connectivity index (χ1) is 8.15. The molecule has 0 spiro atoms. The molecule has 2 rings (SSSR count). The summed E-state index contributed by atoms with van der Waals surface area (Å²) in [7, 11) is 0. The minimum atomic E-state index is -0.723. The van der Waals surface area contributed by atoms with Crippen LogP contribution < -0.4 is 10.6 Å². The van der Waals surface area contributed by atoms with Crippen molar-refractivity contribution in [3.05, 3.63) is 35.9 Å². The number of hydrogen-bond acceptors (Lipinski definition) is 3. The van der Waals surface area contributed by atoms with Crippen LogP contribution >= 0.6 is 0 Å². The molecule has 0 radical (unpaired) electrons. The highest BCUT2D eigenvalue weighted by atomic mass is 16.2.